The highest BCUT2D eigenvalue weighted by Gasteiger charge is 2.21. The van der Waals surface area contributed by atoms with Crippen molar-refractivity contribution in [2.45, 2.75) is 17.9 Å². The highest BCUT2D eigenvalue weighted by atomic mass is 32.2. The second kappa shape index (κ2) is 7.02. The number of nitrogens with zero attached hydrogens (tertiary/aromatic N) is 2. The summed E-state index contributed by atoms with van der Waals surface area (Å²) in [5, 5.41) is 10.9. The van der Waals surface area contributed by atoms with E-state index in [4.69, 9.17) is 0 Å². The summed E-state index contributed by atoms with van der Waals surface area (Å²) < 4.78 is 23.3. The molecule has 2 aromatic rings. The number of nitro groups is 1. The van der Waals surface area contributed by atoms with Crippen molar-refractivity contribution in [3.63, 3.8) is 0 Å². The molecule has 0 aliphatic heterocycles. The maximum atomic E-state index is 12.7. The Morgan fingerprint density at radius 3 is 2.40 bits per heavy atom. The van der Waals surface area contributed by atoms with Gasteiger partial charge in [-0.1, -0.05) is 18.2 Å². The van der Waals surface area contributed by atoms with Crippen LogP contribution in [-0.4, -0.2) is 37.5 Å². The second-order valence-electron chi connectivity index (χ2n) is 5.74. The normalized spacial score (nSPS) is 12.4. The maximum Gasteiger partial charge on any atom is 0.269 e. The molecule has 0 aliphatic carbocycles. The van der Waals surface area contributed by atoms with Gasteiger partial charge in [-0.25, -0.2) is 8.42 Å². The number of sulfone groups is 1. The number of hydrogen-bond acceptors (Lipinski definition) is 5. The highest BCUT2D eigenvalue weighted by Crippen LogP contribution is 2.24. The predicted octanol–water partition coefficient (Wildman–Crippen LogP) is 2.83. The summed E-state index contributed by atoms with van der Waals surface area (Å²) in [5.41, 5.74) is 0.802. The first kappa shape index (κ1) is 18.6. The largest absolute Gasteiger partial charge is 0.335 e. The van der Waals surface area contributed by atoms with Crippen LogP contribution in [0.3, 0.4) is 0 Å². The van der Waals surface area contributed by atoms with Gasteiger partial charge >= 0.3 is 0 Å². The summed E-state index contributed by atoms with van der Waals surface area (Å²) in [4.78, 5) is 24.5. The van der Waals surface area contributed by atoms with Gasteiger partial charge in [0.05, 0.1) is 15.9 Å². The SMILES string of the molecule is C[C@H](c1cccc([N+](=O)[O-])c1)N(C)C(=O)c1cccc(S(C)(=O)=O)c1. The van der Waals surface area contributed by atoms with Gasteiger partial charge in [-0.3, -0.25) is 14.9 Å². The predicted molar refractivity (Wildman–Crippen MR) is 93.2 cm³/mol. The number of rotatable bonds is 5. The Labute approximate surface area is 146 Å². The Morgan fingerprint density at radius 1 is 1.16 bits per heavy atom. The molecular formula is C17H18N2O5S. The van der Waals surface area contributed by atoms with Crippen molar-refractivity contribution in [1.82, 2.24) is 4.90 Å². The van der Waals surface area contributed by atoms with E-state index in [1.807, 2.05) is 0 Å². The van der Waals surface area contributed by atoms with E-state index in [-0.39, 0.29) is 22.1 Å². The lowest BCUT2D eigenvalue weighted by Crippen LogP contribution is -2.29. The fourth-order valence-corrected chi connectivity index (χ4v) is 3.03. The molecule has 0 fully saturated rings. The summed E-state index contributed by atoms with van der Waals surface area (Å²) in [7, 11) is -1.85. The molecule has 2 rings (SSSR count). The van der Waals surface area contributed by atoms with E-state index in [9.17, 15) is 23.3 Å². The molecule has 8 heteroatoms. The molecular weight excluding hydrogens is 344 g/mol. The molecule has 0 unspecified atom stereocenters. The van der Waals surface area contributed by atoms with Gasteiger partial charge in [-0.15, -0.1) is 0 Å². The van der Waals surface area contributed by atoms with Gasteiger partial charge in [0.25, 0.3) is 11.6 Å². The van der Waals surface area contributed by atoms with E-state index < -0.39 is 20.8 Å². The van der Waals surface area contributed by atoms with Crippen molar-refractivity contribution in [2.75, 3.05) is 13.3 Å². The lowest BCUT2D eigenvalue weighted by atomic mass is 10.1. The van der Waals surface area contributed by atoms with E-state index in [2.05, 4.69) is 0 Å². The molecule has 0 bridgehead atoms. The Balaban J connectivity index is 2.31. The molecule has 0 heterocycles. The summed E-state index contributed by atoms with van der Waals surface area (Å²) in [6, 6.07) is 11.4. The maximum absolute atomic E-state index is 12.7. The molecule has 0 radical (unpaired) electrons. The molecule has 25 heavy (non-hydrogen) atoms. The molecule has 132 valence electrons. The summed E-state index contributed by atoms with van der Waals surface area (Å²) in [6.45, 7) is 1.75. The minimum atomic E-state index is -3.42. The minimum absolute atomic E-state index is 0.0516. The smallest absolute Gasteiger partial charge is 0.269 e. The van der Waals surface area contributed by atoms with Crippen LogP contribution in [0.1, 0.15) is 28.9 Å². The first-order valence-electron chi connectivity index (χ1n) is 7.43. The Hall–Kier alpha value is -2.74. The van der Waals surface area contributed by atoms with E-state index >= 15 is 0 Å². The van der Waals surface area contributed by atoms with Gasteiger partial charge in [0.2, 0.25) is 0 Å². The monoisotopic (exact) mass is 362 g/mol. The Bertz CT molecular complexity index is 924. The van der Waals surface area contributed by atoms with Gasteiger partial charge in [0, 0.05) is 31.0 Å². The molecule has 0 saturated heterocycles. The van der Waals surface area contributed by atoms with Crippen molar-refractivity contribution in [2.24, 2.45) is 0 Å². The van der Waals surface area contributed by atoms with Crippen LogP contribution in [0.4, 0.5) is 5.69 Å². The number of nitro benzene ring substituents is 1. The third kappa shape index (κ3) is 4.21. The lowest BCUT2D eigenvalue weighted by molar-refractivity contribution is -0.384. The molecule has 0 aromatic heterocycles. The molecule has 0 spiro atoms. The Morgan fingerprint density at radius 2 is 1.80 bits per heavy atom. The third-order valence-electron chi connectivity index (χ3n) is 3.97. The van der Waals surface area contributed by atoms with Crippen molar-refractivity contribution < 1.29 is 18.1 Å². The van der Waals surface area contributed by atoms with Crippen molar-refractivity contribution in [3.8, 4) is 0 Å². The molecule has 0 N–H and O–H groups in total. The van der Waals surface area contributed by atoms with E-state index in [1.165, 1.54) is 41.3 Å². The minimum Gasteiger partial charge on any atom is -0.335 e. The summed E-state index contributed by atoms with van der Waals surface area (Å²) in [6.07, 6.45) is 1.08. The number of benzene rings is 2. The standard InChI is InChI=1S/C17H18N2O5S/c1-12(13-6-4-8-15(10-13)19(21)22)18(2)17(20)14-7-5-9-16(11-14)25(3,23)24/h4-12H,1-3H3/t12-/m1/s1. The Kier molecular flexibility index (Phi) is 5.22. The van der Waals surface area contributed by atoms with Crippen LogP contribution in [0.15, 0.2) is 53.4 Å². The molecule has 7 nitrogen and oxygen atoms in total. The average Bonchev–Trinajstić information content (AvgIpc) is 2.59. The second-order valence-corrected chi connectivity index (χ2v) is 7.76. The van der Waals surface area contributed by atoms with Crippen LogP contribution in [0.2, 0.25) is 0 Å². The zero-order chi connectivity index (χ0) is 18.8. The molecule has 1 amide bonds. The third-order valence-corrected chi connectivity index (χ3v) is 5.08. The van der Waals surface area contributed by atoms with Gasteiger partial charge in [0.1, 0.15) is 0 Å². The zero-order valence-electron chi connectivity index (χ0n) is 14.0. The van der Waals surface area contributed by atoms with Crippen molar-refractivity contribution in [3.05, 3.63) is 69.8 Å². The number of non-ortho nitro benzene ring substituents is 1. The topological polar surface area (TPSA) is 97.6 Å². The summed E-state index contributed by atoms with van der Waals surface area (Å²) in [5.74, 6) is -0.371. The van der Waals surface area contributed by atoms with E-state index in [0.29, 0.717) is 5.56 Å². The van der Waals surface area contributed by atoms with Gasteiger partial charge < -0.3 is 4.90 Å². The fraction of sp³-hybridized carbons (Fsp3) is 0.235. The van der Waals surface area contributed by atoms with Crippen molar-refractivity contribution in [1.29, 1.82) is 0 Å². The first-order valence-corrected chi connectivity index (χ1v) is 9.32. The molecule has 1 atom stereocenters. The van der Waals surface area contributed by atoms with Crippen LogP contribution in [0, 0.1) is 10.1 Å². The fourth-order valence-electron chi connectivity index (χ4n) is 2.36. The van der Waals surface area contributed by atoms with Crippen molar-refractivity contribution >= 4 is 21.4 Å². The number of carbonyl (C=O) groups excluding carboxylic acids is 1. The van der Waals surface area contributed by atoms with Crippen LogP contribution in [0.25, 0.3) is 0 Å². The molecule has 2 aromatic carbocycles. The van der Waals surface area contributed by atoms with Crippen LogP contribution < -0.4 is 0 Å². The highest BCUT2D eigenvalue weighted by molar-refractivity contribution is 7.90. The number of hydrogen-bond donors (Lipinski definition) is 0. The van der Waals surface area contributed by atoms with Crippen LogP contribution in [0.5, 0.6) is 0 Å². The zero-order valence-corrected chi connectivity index (χ0v) is 14.9. The van der Waals surface area contributed by atoms with Gasteiger partial charge in [-0.2, -0.15) is 0 Å². The molecule has 0 aliphatic rings. The van der Waals surface area contributed by atoms with Gasteiger partial charge in [-0.05, 0) is 30.7 Å². The molecule has 0 saturated carbocycles. The summed E-state index contributed by atoms with van der Waals surface area (Å²) >= 11 is 0. The quantitative estimate of drug-likeness (QED) is 0.602. The number of amides is 1. The number of carbonyl (C=O) groups is 1. The lowest BCUT2D eigenvalue weighted by Gasteiger charge is -2.25. The first-order chi connectivity index (χ1) is 11.6. The van der Waals surface area contributed by atoms with E-state index in [0.717, 1.165) is 6.26 Å². The van der Waals surface area contributed by atoms with Crippen LogP contribution >= 0.6 is 0 Å². The average molecular weight is 362 g/mol. The van der Waals surface area contributed by atoms with Crippen LogP contribution in [-0.2, 0) is 9.84 Å². The van der Waals surface area contributed by atoms with E-state index in [1.54, 1.807) is 26.1 Å². The van der Waals surface area contributed by atoms with Gasteiger partial charge in [0.15, 0.2) is 9.84 Å².